The minimum atomic E-state index is 0.123. The third kappa shape index (κ3) is 2.04. The van der Waals surface area contributed by atoms with Crippen LogP contribution in [0.1, 0.15) is 23.1 Å². The smallest absolute Gasteiger partial charge is 0.0995 e. The number of nitrogens with two attached hydrogens (primary N) is 1. The molecule has 0 amide bonds. The molecule has 0 unspecified atom stereocenters. The highest BCUT2D eigenvalue weighted by Crippen LogP contribution is 2.22. The topological polar surface area (TPSA) is 70.0 Å². The van der Waals surface area contributed by atoms with Crippen molar-refractivity contribution in [2.45, 2.75) is 19.8 Å². The van der Waals surface area contributed by atoms with E-state index in [9.17, 15) is 0 Å². The number of aryl methyl sites for hydroxylation is 1. The van der Waals surface area contributed by atoms with Gasteiger partial charge in [0.25, 0.3) is 0 Å². The zero-order valence-corrected chi connectivity index (χ0v) is 8.25. The van der Waals surface area contributed by atoms with Crippen LogP contribution in [0.2, 0.25) is 0 Å². The largest absolute Gasteiger partial charge is 0.398 e. The summed E-state index contributed by atoms with van der Waals surface area (Å²) in [5.74, 6) is 0. The van der Waals surface area contributed by atoms with Gasteiger partial charge in [0.15, 0.2) is 0 Å². The molecule has 3 N–H and O–H groups in total. The number of rotatable bonds is 3. The van der Waals surface area contributed by atoms with Crippen LogP contribution in [0.15, 0.2) is 12.1 Å². The Morgan fingerprint density at radius 1 is 1.50 bits per heavy atom. The van der Waals surface area contributed by atoms with Gasteiger partial charge in [-0.1, -0.05) is 6.07 Å². The zero-order valence-electron chi connectivity index (χ0n) is 8.25. The van der Waals surface area contributed by atoms with E-state index in [0.717, 1.165) is 11.1 Å². The molecule has 1 aromatic rings. The lowest BCUT2D eigenvalue weighted by Crippen LogP contribution is -2.01. The van der Waals surface area contributed by atoms with Crippen LogP contribution < -0.4 is 5.73 Å². The number of nitriles is 1. The van der Waals surface area contributed by atoms with Gasteiger partial charge < -0.3 is 10.8 Å². The molecule has 0 atom stereocenters. The summed E-state index contributed by atoms with van der Waals surface area (Å²) in [6, 6.07) is 5.73. The molecule has 0 saturated heterocycles. The lowest BCUT2D eigenvalue weighted by atomic mass is 9.98. The average molecular weight is 190 g/mol. The first-order valence-corrected chi connectivity index (χ1v) is 4.59. The average Bonchev–Trinajstić information content (AvgIpc) is 2.20. The maximum atomic E-state index is 8.87. The molecule has 0 aliphatic carbocycles. The van der Waals surface area contributed by atoms with Gasteiger partial charge in [-0.2, -0.15) is 5.26 Å². The number of aliphatic hydroxyl groups is 1. The Balaban J connectivity index is 3.09. The molecule has 3 nitrogen and oxygen atoms in total. The van der Waals surface area contributed by atoms with Crippen molar-refractivity contribution >= 4 is 5.69 Å². The molecule has 1 rings (SSSR count). The number of anilines is 1. The highest BCUT2D eigenvalue weighted by molar-refractivity contribution is 5.59. The third-order valence-corrected chi connectivity index (χ3v) is 2.28. The Morgan fingerprint density at radius 2 is 2.21 bits per heavy atom. The van der Waals surface area contributed by atoms with E-state index in [1.165, 1.54) is 0 Å². The summed E-state index contributed by atoms with van der Waals surface area (Å²) in [6.07, 6.45) is 1.30. The fraction of sp³-hybridized carbons (Fsp3) is 0.364. The number of hydrogen-bond acceptors (Lipinski definition) is 3. The molecular weight excluding hydrogens is 176 g/mol. The Bertz CT molecular complexity index is 366. The van der Waals surface area contributed by atoms with Crippen LogP contribution in [-0.2, 0) is 6.42 Å². The molecule has 1 aromatic carbocycles. The van der Waals surface area contributed by atoms with E-state index in [1.807, 2.05) is 13.0 Å². The standard InChI is InChI=1S/C11H14N2O/c1-8-4-5-9(7-12)10(11(8)13)3-2-6-14/h4-5,14H,2-3,6,13H2,1H3. The van der Waals surface area contributed by atoms with Crippen molar-refractivity contribution in [2.24, 2.45) is 0 Å². The number of benzene rings is 1. The zero-order chi connectivity index (χ0) is 10.6. The van der Waals surface area contributed by atoms with E-state index in [-0.39, 0.29) is 6.61 Å². The molecule has 0 aliphatic rings. The van der Waals surface area contributed by atoms with Gasteiger partial charge in [-0.25, -0.2) is 0 Å². The molecule has 14 heavy (non-hydrogen) atoms. The van der Waals surface area contributed by atoms with Crippen LogP contribution in [0.25, 0.3) is 0 Å². The van der Waals surface area contributed by atoms with Gasteiger partial charge in [0.05, 0.1) is 11.6 Å². The van der Waals surface area contributed by atoms with Gasteiger partial charge >= 0.3 is 0 Å². The quantitative estimate of drug-likeness (QED) is 0.707. The van der Waals surface area contributed by atoms with Crippen molar-refractivity contribution in [3.05, 3.63) is 28.8 Å². The second-order valence-electron chi connectivity index (χ2n) is 3.26. The van der Waals surface area contributed by atoms with E-state index in [2.05, 4.69) is 6.07 Å². The summed E-state index contributed by atoms with van der Waals surface area (Å²) in [5.41, 5.74) is 9.00. The van der Waals surface area contributed by atoms with Gasteiger partial charge in [0.1, 0.15) is 0 Å². The van der Waals surface area contributed by atoms with Crippen LogP contribution in [0.5, 0.6) is 0 Å². The molecule has 0 bridgehead atoms. The second-order valence-corrected chi connectivity index (χ2v) is 3.26. The number of aliphatic hydroxyl groups excluding tert-OH is 1. The fourth-order valence-corrected chi connectivity index (χ4v) is 1.41. The lowest BCUT2D eigenvalue weighted by Gasteiger charge is -2.09. The van der Waals surface area contributed by atoms with Gasteiger partial charge in [0.2, 0.25) is 0 Å². The first kappa shape index (κ1) is 10.6. The summed E-state index contributed by atoms with van der Waals surface area (Å²) < 4.78 is 0. The van der Waals surface area contributed by atoms with Crippen LogP contribution in [0.4, 0.5) is 5.69 Å². The van der Waals surface area contributed by atoms with Crippen molar-refractivity contribution in [3.8, 4) is 6.07 Å². The summed E-state index contributed by atoms with van der Waals surface area (Å²) >= 11 is 0. The first-order chi connectivity index (χ1) is 6.70. The normalized spacial score (nSPS) is 9.79. The maximum absolute atomic E-state index is 8.87. The SMILES string of the molecule is Cc1ccc(C#N)c(CCCO)c1N. The van der Waals surface area contributed by atoms with E-state index in [4.69, 9.17) is 16.1 Å². The molecule has 0 aromatic heterocycles. The molecule has 74 valence electrons. The lowest BCUT2D eigenvalue weighted by molar-refractivity contribution is 0.288. The minimum Gasteiger partial charge on any atom is -0.398 e. The summed E-state index contributed by atoms with van der Waals surface area (Å²) in [7, 11) is 0. The van der Waals surface area contributed by atoms with Crippen molar-refractivity contribution < 1.29 is 5.11 Å². The maximum Gasteiger partial charge on any atom is 0.0995 e. The van der Waals surface area contributed by atoms with Crippen molar-refractivity contribution in [1.29, 1.82) is 5.26 Å². The number of nitrogens with zero attached hydrogens (tertiary/aromatic N) is 1. The van der Waals surface area contributed by atoms with E-state index in [1.54, 1.807) is 6.07 Å². The molecule has 0 aliphatic heterocycles. The highest BCUT2D eigenvalue weighted by atomic mass is 16.2. The van der Waals surface area contributed by atoms with E-state index >= 15 is 0 Å². The molecule has 0 fully saturated rings. The molecule has 0 spiro atoms. The van der Waals surface area contributed by atoms with Crippen molar-refractivity contribution in [2.75, 3.05) is 12.3 Å². The molecule has 0 radical (unpaired) electrons. The van der Waals surface area contributed by atoms with Crippen LogP contribution >= 0.6 is 0 Å². The van der Waals surface area contributed by atoms with Crippen molar-refractivity contribution in [3.63, 3.8) is 0 Å². The fourth-order valence-electron chi connectivity index (χ4n) is 1.41. The van der Waals surface area contributed by atoms with E-state index in [0.29, 0.717) is 24.1 Å². The van der Waals surface area contributed by atoms with Crippen LogP contribution in [-0.4, -0.2) is 11.7 Å². The molecule has 3 heteroatoms. The number of hydrogen-bond donors (Lipinski definition) is 2. The molecular formula is C11H14N2O. The molecule has 0 heterocycles. The predicted octanol–water partition coefficient (Wildman–Crippen LogP) is 1.37. The summed E-state index contributed by atoms with van der Waals surface area (Å²) in [6.45, 7) is 2.04. The van der Waals surface area contributed by atoms with Gasteiger partial charge in [-0.15, -0.1) is 0 Å². The summed E-state index contributed by atoms with van der Waals surface area (Å²) in [5, 5.41) is 17.6. The second kappa shape index (κ2) is 4.64. The Kier molecular flexibility index (Phi) is 3.49. The Hall–Kier alpha value is -1.53. The first-order valence-electron chi connectivity index (χ1n) is 4.59. The Labute approximate surface area is 83.8 Å². The highest BCUT2D eigenvalue weighted by Gasteiger charge is 2.07. The van der Waals surface area contributed by atoms with Crippen molar-refractivity contribution in [1.82, 2.24) is 0 Å². The van der Waals surface area contributed by atoms with E-state index < -0.39 is 0 Å². The number of nitrogen functional groups attached to an aromatic ring is 1. The van der Waals surface area contributed by atoms with Gasteiger partial charge in [-0.05, 0) is 37.0 Å². The van der Waals surface area contributed by atoms with Crippen LogP contribution in [0, 0.1) is 18.3 Å². The van der Waals surface area contributed by atoms with Crippen LogP contribution in [0.3, 0.4) is 0 Å². The minimum absolute atomic E-state index is 0.123. The van der Waals surface area contributed by atoms with Gasteiger partial charge in [0, 0.05) is 12.3 Å². The van der Waals surface area contributed by atoms with Gasteiger partial charge in [-0.3, -0.25) is 0 Å². The summed E-state index contributed by atoms with van der Waals surface area (Å²) in [4.78, 5) is 0. The monoisotopic (exact) mass is 190 g/mol. The molecule has 0 saturated carbocycles. The predicted molar refractivity (Wildman–Crippen MR) is 55.7 cm³/mol. The Morgan fingerprint density at radius 3 is 2.79 bits per heavy atom. The third-order valence-electron chi connectivity index (χ3n) is 2.28.